The number of benzene rings is 3. The fraction of sp³-hybridized carbons (Fsp3) is 0.154. The summed E-state index contributed by atoms with van der Waals surface area (Å²) in [6.07, 6.45) is 1.87. The maximum Gasteiger partial charge on any atom is 0.254 e. The maximum atomic E-state index is 13.7. The lowest BCUT2D eigenvalue weighted by atomic mass is 9.79. The van der Waals surface area contributed by atoms with Gasteiger partial charge in [-0.3, -0.25) is 9.59 Å². The molecule has 160 valence electrons. The largest absolute Gasteiger partial charge is 0.497 e. The number of carbonyl (C=O) groups excluding carboxylic acids is 2. The van der Waals surface area contributed by atoms with Gasteiger partial charge in [0.05, 0.1) is 19.1 Å². The van der Waals surface area contributed by atoms with Crippen molar-refractivity contribution < 1.29 is 14.3 Å². The third-order valence-corrected chi connectivity index (χ3v) is 6.14. The van der Waals surface area contributed by atoms with E-state index in [0.29, 0.717) is 11.3 Å². The van der Waals surface area contributed by atoms with Crippen LogP contribution in [0, 0.1) is 0 Å². The Kier molecular flexibility index (Phi) is 4.90. The Bertz CT molecular complexity index is 1310. The van der Waals surface area contributed by atoms with Gasteiger partial charge < -0.3 is 19.9 Å². The zero-order valence-electron chi connectivity index (χ0n) is 17.8. The van der Waals surface area contributed by atoms with E-state index >= 15 is 0 Å². The van der Waals surface area contributed by atoms with Crippen LogP contribution in [0.3, 0.4) is 0 Å². The molecular formula is C26H23N3O3. The molecule has 0 saturated carbocycles. The third-order valence-electron chi connectivity index (χ3n) is 6.14. The number of hydrogen-bond donors (Lipinski definition) is 2. The van der Waals surface area contributed by atoms with Gasteiger partial charge in [-0.25, -0.2) is 0 Å². The highest BCUT2D eigenvalue weighted by atomic mass is 16.5. The summed E-state index contributed by atoms with van der Waals surface area (Å²) >= 11 is 0. The number of amides is 2. The van der Waals surface area contributed by atoms with Crippen LogP contribution in [-0.4, -0.2) is 35.9 Å². The Balaban J connectivity index is 1.57. The van der Waals surface area contributed by atoms with Crippen molar-refractivity contribution in [1.29, 1.82) is 0 Å². The second-order valence-corrected chi connectivity index (χ2v) is 7.97. The van der Waals surface area contributed by atoms with Gasteiger partial charge in [-0.15, -0.1) is 0 Å². The predicted octanol–water partition coefficient (Wildman–Crippen LogP) is 4.73. The number of nitrogens with zero attached hydrogens (tertiary/aromatic N) is 1. The van der Waals surface area contributed by atoms with E-state index in [1.165, 1.54) is 0 Å². The number of nitrogens with one attached hydrogen (secondary N) is 2. The van der Waals surface area contributed by atoms with Gasteiger partial charge >= 0.3 is 0 Å². The summed E-state index contributed by atoms with van der Waals surface area (Å²) in [6, 6.07) is 22.2. The van der Waals surface area contributed by atoms with Crippen molar-refractivity contribution in [2.75, 3.05) is 19.5 Å². The second-order valence-electron chi connectivity index (χ2n) is 7.97. The number of likely N-dealkylation sites (N-methyl/N-ethyl adjacent to an activating group) is 1. The number of aromatic amines is 1. The van der Waals surface area contributed by atoms with Gasteiger partial charge in [-0.1, -0.05) is 36.4 Å². The minimum Gasteiger partial charge on any atom is -0.497 e. The van der Waals surface area contributed by atoms with E-state index in [1.807, 2.05) is 72.9 Å². The van der Waals surface area contributed by atoms with Crippen molar-refractivity contribution >= 4 is 28.4 Å². The zero-order valence-corrected chi connectivity index (χ0v) is 17.8. The van der Waals surface area contributed by atoms with Crippen molar-refractivity contribution in [3.8, 4) is 5.75 Å². The molecule has 1 aliphatic rings. The molecular weight excluding hydrogens is 402 g/mol. The van der Waals surface area contributed by atoms with Crippen molar-refractivity contribution in [3.63, 3.8) is 0 Å². The van der Waals surface area contributed by atoms with Crippen LogP contribution in [0.25, 0.3) is 10.9 Å². The molecule has 6 nitrogen and oxygen atoms in total. The van der Waals surface area contributed by atoms with Crippen molar-refractivity contribution in [2.24, 2.45) is 0 Å². The highest BCUT2D eigenvalue weighted by Gasteiger charge is 2.42. The first-order valence-corrected chi connectivity index (χ1v) is 10.4. The molecule has 2 heterocycles. The Morgan fingerprint density at radius 3 is 2.59 bits per heavy atom. The Labute approximate surface area is 185 Å². The highest BCUT2D eigenvalue weighted by molar-refractivity contribution is 6.04. The topological polar surface area (TPSA) is 74.4 Å². The fourth-order valence-corrected chi connectivity index (χ4v) is 4.52. The van der Waals surface area contributed by atoms with Crippen LogP contribution in [0.2, 0.25) is 0 Å². The van der Waals surface area contributed by atoms with Crippen LogP contribution >= 0.6 is 0 Å². The van der Waals surface area contributed by atoms with Crippen LogP contribution in [-0.2, 0) is 4.79 Å². The molecule has 0 fully saturated rings. The highest BCUT2D eigenvalue weighted by Crippen LogP contribution is 2.42. The van der Waals surface area contributed by atoms with E-state index in [-0.39, 0.29) is 11.8 Å². The normalized spacial score (nSPS) is 17.8. The van der Waals surface area contributed by atoms with Crippen molar-refractivity contribution in [3.05, 3.63) is 95.7 Å². The van der Waals surface area contributed by atoms with Crippen molar-refractivity contribution in [2.45, 2.75) is 12.0 Å². The number of anilines is 1. The molecule has 2 N–H and O–H groups in total. The van der Waals surface area contributed by atoms with Crippen LogP contribution < -0.4 is 10.1 Å². The fourth-order valence-electron chi connectivity index (χ4n) is 4.52. The molecule has 1 aliphatic heterocycles. The molecule has 5 rings (SSSR count). The number of hydrogen-bond acceptors (Lipinski definition) is 3. The molecule has 6 heteroatoms. The van der Waals surface area contributed by atoms with Crippen molar-refractivity contribution in [1.82, 2.24) is 9.88 Å². The van der Waals surface area contributed by atoms with Crippen LogP contribution in [0.15, 0.2) is 79.0 Å². The summed E-state index contributed by atoms with van der Waals surface area (Å²) in [5, 5.41) is 4.15. The van der Waals surface area contributed by atoms with E-state index in [2.05, 4.69) is 10.3 Å². The Morgan fingerprint density at radius 1 is 1.03 bits per heavy atom. The van der Waals surface area contributed by atoms with E-state index in [9.17, 15) is 9.59 Å². The smallest absolute Gasteiger partial charge is 0.254 e. The molecule has 3 aromatic carbocycles. The second kappa shape index (κ2) is 7.89. The standard InChI is InChI=1S/C26H23N3O3/c1-29-24(17-8-11-19(32-2)12-9-17)23(20-5-3-4-6-21(20)26(29)31)25(30)28-18-10-7-16-13-14-27-22(16)15-18/h3-15,23-24,27H,1-2H3,(H,28,30)/t23-,24-/m1/s1. The van der Waals surface area contributed by atoms with Gasteiger partial charge in [0, 0.05) is 30.0 Å². The summed E-state index contributed by atoms with van der Waals surface area (Å²) in [5.74, 6) is -0.109. The van der Waals surface area contributed by atoms with Crippen LogP contribution in [0.5, 0.6) is 5.75 Å². The molecule has 32 heavy (non-hydrogen) atoms. The van der Waals surface area contributed by atoms with Crippen LogP contribution in [0.4, 0.5) is 5.69 Å². The summed E-state index contributed by atoms with van der Waals surface area (Å²) < 4.78 is 5.28. The molecule has 0 saturated heterocycles. The number of carbonyl (C=O) groups is 2. The lowest BCUT2D eigenvalue weighted by Crippen LogP contribution is -2.44. The molecule has 2 amide bonds. The minimum atomic E-state index is -0.568. The molecule has 0 radical (unpaired) electrons. The lowest BCUT2D eigenvalue weighted by Gasteiger charge is -2.39. The first-order chi connectivity index (χ1) is 15.6. The monoisotopic (exact) mass is 425 g/mol. The molecule has 2 atom stereocenters. The van der Waals surface area contributed by atoms with E-state index < -0.39 is 12.0 Å². The molecule has 0 spiro atoms. The first kappa shape index (κ1) is 19.9. The Hall–Kier alpha value is -4.06. The number of aromatic nitrogens is 1. The number of H-pyrrole nitrogens is 1. The Morgan fingerprint density at radius 2 is 1.81 bits per heavy atom. The lowest BCUT2D eigenvalue weighted by molar-refractivity contribution is -0.119. The molecule has 0 unspecified atom stereocenters. The van der Waals surface area contributed by atoms with Crippen LogP contribution in [0.1, 0.15) is 33.4 Å². The van der Waals surface area contributed by atoms with E-state index in [1.54, 1.807) is 25.1 Å². The van der Waals surface area contributed by atoms with Gasteiger partial charge in [0.2, 0.25) is 5.91 Å². The maximum absolute atomic E-state index is 13.7. The SMILES string of the molecule is COc1ccc([C@@H]2[C@H](C(=O)Nc3ccc4cc[nH]c4c3)c3ccccc3C(=O)N2C)cc1. The summed E-state index contributed by atoms with van der Waals surface area (Å²) in [5.41, 5.74) is 3.81. The summed E-state index contributed by atoms with van der Waals surface area (Å²) in [7, 11) is 3.36. The first-order valence-electron chi connectivity index (χ1n) is 10.4. The quantitative estimate of drug-likeness (QED) is 0.497. The number of methoxy groups -OCH3 is 1. The van der Waals surface area contributed by atoms with Gasteiger partial charge in [0.25, 0.3) is 5.91 Å². The molecule has 4 aromatic rings. The minimum absolute atomic E-state index is 0.0988. The zero-order chi connectivity index (χ0) is 22.2. The predicted molar refractivity (Wildman–Crippen MR) is 124 cm³/mol. The van der Waals surface area contributed by atoms with E-state index in [0.717, 1.165) is 27.8 Å². The number of ether oxygens (including phenoxy) is 1. The summed E-state index contributed by atoms with van der Waals surface area (Å²) in [6.45, 7) is 0. The van der Waals surface area contributed by atoms with Gasteiger partial charge in [0.1, 0.15) is 5.75 Å². The average molecular weight is 425 g/mol. The van der Waals surface area contributed by atoms with Gasteiger partial charge in [-0.05, 0) is 52.9 Å². The summed E-state index contributed by atoms with van der Waals surface area (Å²) in [4.78, 5) is 31.6. The third kappa shape index (κ3) is 3.30. The molecule has 0 aliphatic carbocycles. The van der Waals surface area contributed by atoms with E-state index in [4.69, 9.17) is 4.74 Å². The molecule has 1 aromatic heterocycles. The average Bonchev–Trinajstić information content (AvgIpc) is 3.29. The molecule has 0 bridgehead atoms. The number of fused-ring (bicyclic) bond motifs is 2. The number of rotatable bonds is 4. The van der Waals surface area contributed by atoms with Gasteiger partial charge in [-0.2, -0.15) is 0 Å². The van der Waals surface area contributed by atoms with Gasteiger partial charge in [0.15, 0.2) is 0 Å².